The molecule has 1 aromatic heterocycles. The zero-order chi connectivity index (χ0) is 16.4. The van der Waals surface area contributed by atoms with Crippen LogP contribution in [0.15, 0.2) is 59.0 Å². The van der Waals surface area contributed by atoms with Gasteiger partial charge in [0.1, 0.15) is 5.76 Å². The third-order valence-corrected chi connectivity index (χ3v) is 3.78. The van der Waals surface area contributed by atoms with Crippen LogP contribution in [0.2, 0.25) is 10.0 Å². The Balaban J connectivity index is 1.84. The molecule has 4 nitrogen and oxygen atoms in total. The standard InChI is InChI=1S/C17H12Cl2N2O2/c18-10-5-6-11(12(19)9-10)15-7-8-16(23-15)17(22)21-14-4-2-1-3-13(14)20/h1-9H,20H2,(H,21,22). The molecule has 3 N–H and O–H groups in total. The fourth-order valence-corrected chi connectivity index (χ4v) is 2.59. The van der Waals surface area contributed by atoms with Crippen molar-refractivity contribution in [2.24, 2.45) is 0 Å². The lowest BCUT2D eigenvalue weighted by Gasteiger charge is -2.06. The molecule has 3 rings (SSSR count). The van der Waals surface area contributed by atoms with Gasteiger partial charge in [-0.05, 0) is 42.5 Å². The number of furan rings is 1. The van der Waals surface area contributed by atoms with Crippen LogP contribution in [0.3, 0.4) is 0 Å². The number of nitrogen functional groups attached to an aromatic ring is 1. The molecule has 0 atom stereocenters. The molecule has 0 saturated heterocycles. The molecule has 0 aliphatic carbocycles. The smallest absolute Gasteiger partial charge is 0.291 e. The second-order valence-electron chi connectivity index (χ2n) is 4.83. The summed E-state index contributed by atoms with van der Waals surface area (Å²) in [5.41, 5.74) is 7.47. The predicted molar refractivity (Wildman–Crippen MR) is 93.0 cm³/mol. The van der Waals surface area contributed by atoms with E-state index < -0.39 is 0 Å². The number of carbonyl (C=O) groups excluding carboxylic acids is 1. The van der Waals surface area contributed by atoms with E-state index in [0.29, 0.717) is 32.7 Å². The van der Waals surface area contributed by atoms with E-state index in [4.69, 9.17) is 33.4 Å². The van der Waals surface area contributed by atoms with Crippen molar-refractivity contribution in [1.29, 1.82) is 0 Å². The quantitative estimate of drug-likeness (QED) is 0.649. The zero-order valence-electron chi connectivity index (χ0n) is 11.8. The molecule has 23 heavy (non-hydrogen) atoms. The fourth-order valence-electron chi connectivity index (χ4n) is 2.09. The number of nitrogens with one attached hydrogen (secondary N) is 1. The molecule has 0 bridgehead atoms. The van der Waals surface area contributed by atoms with Crippen LogP contribution in [0.1, 0.15) is 10.6 Å². The van der Waals surface area contributed by atoms with Crippen LogP contribution < -0.4 is 11.1 Å². The number of anilines is 2. The summed E-state index contributed by atoms with van der Waals surface area (Å²) in [6, 6.07) is 15.3. The van der Waals surface area contributed by atoms with Gasteiger partial charge in [-0.25, -0.2) is 0 Å². The second-order valence-corrected chi connectivity index (χ2v) is 5.67. The van der Waals surface area contributed by atoms with Crippen LogP contribution in [0, 0.1) is 0 Å². The number of carbonyl (C=O) groups is 1. The van der Waals surface area contributed by atoms with Crippen molar-refractivity contribution in [3.8, 4) is 11.3 Å². The molecular formula is C17H12Cl2N2O2. The molecule has 2 aromatic carbocycles. The highest BCUT2D eigenvalue weighted by molar-refractivity contribution is 6.36. The lowest BCUT2D eigenvalue weighted by Crippen LogP contribution is -2.12. The maximum absolute atomic E-state index is 12.2. The van der Waals surface area contributed by atoms with Gasteiger partial charge in [-0.3, -0.25) is 4.79 Å². The molecule has 0 unspecified atom stereocenters. The highest BCUT2D eigenvalue weighted by Crippen LogP contribution is 2.31. The van der Waals surface area contributed by atoms with Gasteiger partial charge in [-0.1, -0.05) is 35.3 Å². The van der Waals surface area contributed by atoms with E-state index in [-0.39, 0.29) is 11.7 Å². The van der Waals surface area contributed by atoms with E-state index >= 15 is 0 Å². The maximum Gasteiger partial charge on any atom is 0.291 e. The average molecular weight is 347 g/mol. The van der Waals surface area contributed by atoms with Gasteiger partial charge in [0.15, 0.2) is 5.76 Å². The summed E-state index contributed by atoms with van der Waals surface area (Å²) in [4.78, 5) is 12.2. The summed E-state index contributed by atoms with van der Waals surface area (Å²) in [5.74, 6) is 0.256. The summed E-state index contributed by atoms with van der Waals surface area (Å²) >= 11 is 12.0. The Hall–Kier alpha value is -2.43. The van der Waals surface area contributed by atoms with Crippen LogP contribution in [-0.2, 0) is 0 Å². The lowest BCUT2D eigenvalue weighted by atomic mass is 10.2. The minimum atomic E-state index is -0.390. The van der Waals surface area contributed by atoms with Crippen molar-refractivity contribution in [1.82, 2.24) is 0 Å². The molecule has 1 heterocycles. The Morgan fingerprint density at radius 2 is 1.83 bits per heavy atom. The van der Waals surface area contributed by atoms with Gasteiger partial charge in [0, 0.05) is 10.6 Å². The number of para-hydroxylation sites is 2. The summed E-state index contributed by atoms with van der Waals surface area (Å²) in [6.45, 7) is 0. The van der Waals surface area contributed by atoms with E-state index in [9.17, 15) is 4.79 Å². The summed E-state index contributed by atoms with van der Waals surface area (Å²) < 4.78 is 5.58. The fraction of sp³-hybridized carbons (Fsp3) is 0. The summed E-state index contributed by atoms with van der Waals surface area (Å²) in [7, 11) is 0. The minimum Gasteiger partial charge on any atom is -0.451 e. The van der Waals surface area contributed by atoms with Gasteiger partial charge in [0.2, 0.25) is 0 Å². The molecular weight excluding hydrogens is 335 g/mol. The van der Waals surface area contributed by atoms with Gasteiger partial charge in [0.25, 0.3) is 5.91 Å². The van der Waals surface area contributed by atoms with Crippen LogP contribution in [-0.4, -0.2) is 5.91 Å². The van der Waals surface area contributed by atoms with Gasteiger partial charge >= 0.3 is 0 Å². The van der Waals surface area contributed by atoms with E-state index in [1.807, 2.05) is 0 Å². The van der Waals surface area contributed by atoms with Crippen molar-refractivity contribution < 1.29 is 9.21 Å². The molecule has 0 spiro atoms. The molecule has 116 valence electrons. The number of benzene rings is 2. The molecule has 0 aliphatic heterocycles. The Kier molecular flexibility index (Phi) is 4.28. The maximum atomic E-state index is 12.2. The molecule has 0 aliphatic rings. The summed E-state index contributed by atoms with van der Waals surface area (Å²) in [5, 5.41) is 3.68. The van der Waals surface area contributed by atoms with Crippen molar-refractivity contribution in [3.05, 3.63) is 70.4 Å². The second kappa shape index (κ2) is 6.36. The first kappa shape index (κ1) is 15.5. The number of nitrogens with two attached hydrogens (primary N) is 1. The van der Waals surface area contributed by atoms with Gasteiger partial charge in [-0.15, -0.1) is 0 Å². The Labute approximate surface area is 142 Å². The van der Waals surface area contributed by atoms with E-state index in [1.54, 1.807) is 54.6 Å². The Morgan fingerprint density at radius 1 is 1.04 bits per heavy atom. The number of halogens is 2. The van der Waals surface area contributed by atoms with E-state index in [0.717, 1.165) is 0 Å². The first-order chi connectivity index (χ1) is 11.0. The monoisotopic (exact) mass is 346 g/mol. The summed E-state index contributed by atoms with van der Waals surface area (Å²) in [6.07, 6.45) is 0. The van der Waals surface area contributed by atoms with Crippen LogP contribution in [0.4, 0.5) is 11.4 Å². The third kappa shape index (κ3) is 3.33. The van der Waals surface area contributed by atoms with Crippen molar-refractivity contribution in [2.75, 3.05) is 11.1 Å². The molecule has 6 heteroatoms. The average Bonchev–Trinajstić information content (AvgIpc) is 2.99. The number of rotatable bonds is 3. The van der Waals surface area contributed by atoms with Crippen molar-refractivity contribution >= 4 is 40.5 Å². The number of amides is 1. The Morgan fingerprint density at radius 3 is 2.57 bits per heavy atom. The lowest BCUT2D eigenvalue weighted by molar-refractivity contribution is 0.0997. The normalized spacial score (nSPS) is 10.5. The van der Waals surface area contributed by atoms with Gasteiger partial charge in [0.05, 0.1) is 16.4 Å². The first-order valence-corrected chi connectivity index (χ1v) is 7.51. The van der Waals surface area contributed by atoms with Crippen LogP contribution in [0.25, 0.3) is 11.3 Å². The highest BCUT2D eigenvalue weighted by atomic mass is 35.5. The molecule has 3 aromatic rings. The number of hydrogen-bond acceptors (Lipinski definition) is 3. The van der Waals surface area contributed by atoms with E-state index in [2.05, 4.69) is 5.32 Å². The minimum absolute atomic E-state index is 0.161. The number of hydrogen-bond donors (Lipinski definition) is 2. The van der Waals surface area contributed by atoms with Crippen LogP contribution in [0.5, 0.6) is 0 Å². The SMILES string of the molecule is Nc1ccccc1NC(=O)c1ccc(-c2ccc(Cl)cc2Cl)o1. The highest BCUT2D eigenvalue weighted by Gasteiger charge is 2.15. The predicted octanol–water partition coefficient (Wildman–Crippen LogP) is 5.09. The van der Waals surface area contributed by atoms with Crippen molar-refractivity contribution in [2.45, 2.75) is 0 Å². The Bertz CT molecular complexity index is 875. The molecule has 1 amide bonds. The topological polar surface area (TPSA) is 68.3 Å². The zero-order valence-corrected chi connectivity index (χ0v) is 13.4. The van der Waals surface area contributed by atoms with Gasteiger partial charge in [-0.2, -0.15) is 0 Å². The molecule has 0 saturated carbocycles. The molecule has 0 radical (unpaired) electrons. The largest absolute Gasteiger partial charge is 0.451 e. The van der Waals surface area contributed by atoms with Crippen LogP contribution >= 0.6 is 23.2 Å². The first-order valence-electron chi connectivity index (χ1n) is 6.76. The third-order valence-electron chi connectivity index (χ3n) is 3.24. The molecule has 0 fully saturated rings. The van der Waals surface area contributed by atoms with E-state index in [1.165, 1.54) is 0 Å². The van der Waals surface area contributed by atoms with Gasteiger partial charge < -0.3 is 15.5 Å². The van der Waals surface area contributed by atoms with Crippen molar-refractivity contribution in [3.63, 3.8) is 0 Å².